The number of carbonyl (C=O) groups is 1. The number of piperazine rings is 1. The summed E-state index contributed by atoms with van der Waals surface area (Å²) in [5.74, 6) is -1.87. The summed E-state index contributed by atoms with van der Waals surface area (Å²) in [6, 6.07) is 3.64. The van der Waals surface area contributed by atoms with E-state index in [1.54, 1.807) is 5.38 Å². The quantitative estimate of drug-likeness (QED) is 0.690. The molecule has 2 heterocycles. The Morgan fingerprint density at radius 1 is 1.25 bits per heavy atom. The minimum atomic E-state index is -0.910. The molecule has 3 N–H and O–H groups in total. The van der Waals surface area contributed by atoms with E-state index in [0.717, 1.165) is 38.3 Å². The molecule has 0 aliphatic carbocycles. The summed E-state index contributed by atoms with van der Waals surface area (Å²) < 4.78 is 26.3. The van der Waals surface area contributed by atoms with E-state index >= 15 is 0 Å². The highest BCUT2D eigenvalue weighted by atomic mass is 32.1. The molecule has 1 aliphatic rings. The van der Waals surface area contributed by atoms with Crippen LogP contribution in [0.4, 0.5) is 13.9 Å². The van der Waals surface area contributed by atoms with Crippen molar-refractivity contribution in [2.24, 2.45) is 0 Å². The minimum Gasteiger partial charge on any atom is -0.328 e. The Kier molecular flexibility index (Phi) is 5.17. The van der Waals surface area contributed by atoms with Crippen molar-refractivity contribution in [3.8, 4) is 11.3 Å². The van der Waals surface area contributed by atoms with Crippen molar-refractivity contribution in [2.45, 2.75) is 0 Å². The van der Waals surface area contributed by atoms with Crippen molar-refractivity contribution in [2.75, 3.05) is 45.1 Å². The zero-order valence-electron chi connectivity index (χ0n) is 13.4. The molecule has 24 heavy (non-hydrogen) atoms. The molecule has 1 aromatic heterocycles. The van der Waals surface area contributed by atoms with Gasteiger partial charge in [0.25, 0.3) is 5.91 Å². The number of carbonyl (C=O) groups excluding carboxylic acids is 1. The first-order chi connectivity index (χ1) is 11.5. The second kappa shape index (κ2) is 7.33. The highest BCUT2D eigenvalue weighted by molar-refractivity contribution is 7.14. The fourth-order valence-corrected chi connectivity index (χ4v) is 3.45. The fourth-order valence-electron chi connectivity index (χ4n) is 2.72. The van der Waals surface area contributed by atoms with Gasteiger partial charge < -0.3 is 9.80 Å². The zero-order chi connectivity index (χ0) is 17.1. The summed E-state index contributed by atoms with van der Waals surface area (Å²) in [4.78, 5) is 19.2. The van der Waals surface area contributed by atoms with Gasteiger partial charge in [-0.2, -0.15) is 0 Å². The first-order valence-corrected chi connectivity index (χ1v) is 8.75. The van der Waals surface area contributed by atoms with Gasteiger partial charge in [0.2, 0.25) is 0 Å². The maximum atomic E-state index is 13.3. The number of aromatic nitrogens is 1. The van der Waals surface area contributed by atoms with Crippen LogP contribution < -0.4 is 15.1 Å². The van der Waals surface area contributed by atoms with Crippen LogP contribution in [-0.4, -0.2) is 50.7 Å². The van der Waals surface area contributed by atoms with Crippen molar-refractivity contribution in [3.63, 3.8) is 0 Å². The molecule has 1 aromatic carbocycles. The molecule has 0 unspecified atom stereocenters. The first kappa shape index (κ1) is 16.9. The van der Waals surface area contributed by atoms with Gasteiger partial charge in [-0.1, -0.05) is 0 Å². The summed E-state index contributed by atoms with van der Waals surface area (Å²) in [6.45, 7) is 4.53. The number of thiazole rings is 1. The summed E-state index contributed by atoms with van der Waals surface area (Å²) in [7, 11) is 2.16. The van der Waals surface area contributed by atoms with E-state index in [0.29, 0.717) is 22.9 Å². The summed E-state index contributed by atoms with van der Waals surface area (Å²) in [5.41, 5.74) is 1.00. The summed E-state index contributed by atoms with van der Waals surface area (Å²) in [5, 5.41) is 4.98. The third-order valence-corrected chi connectivity index (χ3v) is 4.94. The van der Waals surface area contributed by atoms with Gasteiger partial charge in [0.15, 0.2) is 23.3 Å². The number of nitrogens with zero attached hydrogens (tertiary/aromatic N) is 1. The van der Waals surface area contributed by atoms with E-state index in [2.05, 4.69) is 17.3 Å². The van der Waals surface area contributed by atoms with Crippen molar-refractivity contribution < 1.29 is 23.4 Å². The lowest BCUT2D eigenvalue weighted by Gasteiger charge is -2.26. The number of hydrogen-bond acceptors (Lipinski definition) is 3. The summed E-state index contributed by atoms with van der Waals surface area (Å²) in [6.07, 6.45) is 0. The molecule has 1 saturated heterocycles. The van der Waals surface area contributed by atoms with Gasteiger partial charge in [0, 0.05) is 10.9 Å². The normalized spacial score (nSPS) is 20.8. The molecule has 1 amide bonds. The topological polar surface area (TPSA) is 50.9 Å². The van der Waals surface area contributed by atoms with Crippen molar-refractivity contribution >= 4 is 22.4 Å². The van der Waals surface area contributed by atoms with E-state index < -0.39 is 11.6 Å². The van der Waals surface area contributed by atoms with Crippen LogP contribution >= 0.6 is 11.3 Å². The van der Waals surface area contributed by atoms with Crippen LogP contribution in [0.5, 0.6) is 0 Å². The number of anilines is 1. The Morgan fingerprint density at radius 3 is 2.71 bits per heavy atom. The monoisotopic (exact) mass is 354 g/mol. The van der Waals surface area contributed by atoms with Crippen LogP contribution in [0.1, 0.15) is 0 Å². The van der Waals surface area contributed by atoms with E-state index in [9.17, 15) is 13.6 Å². The second-order valence-electron chi connectivity index (χ2n) is 6.10. The standard InChI is InChI=1S/C16H18F2N4OS/c1-21-4-6-22(7-5-21)9-15(23)20-16-19-14(10-24-16)11-2-3-12(17)13(18)8-11/h2-3,8,10H,4-7,9H2,1H3,(H,19,20,23)/p+2. The van der Waals surface area contributed by atoms with Crippen LogP contribution in [0.25, 0.3) is 11.3 Å². The third kappa shape index (κ3) is 4.14. The van der Waals surface area contributed by atoms with Gasteiger partial charge >= 0.3 is 0 Å². The Morgan fingerprint density at radius 2 is 2.00 bits per heavy atom. The molecule has 1 fully saturated rings. The van der Waals surface area contributed by atoms with Crippen LogP contribution in [0.2, 0.25) is 0 Å². The Bertz CT molecular complexity index is 729. The maximum absolute atomic E-state index is 13.3. The van der Waals surface area contributed by atoms with Gasteiger partial charge in [0.05, 0.1) is 12.7 Å². The van der Waals surface area contributed by atoms with E-state index in [1.165, 1.54) is 27.2 Å². The molecule has 5 nitrogen and oxygen atoms in total. The van der Waals surface area contributed by atoms with Crippen LogP contribution in [0.15, 0.2) is 23.6 Å². The number of hydrogen-bond donors (Lipinski definition) is 3. The predicted molar refractivity (Wildman–Crippen MR) is 88.3 cm³/mol. The highest BCUT2D eigenvalue weighted by Gasteiger charge is 2.22. The van der Waals surface area contributed by atoms with Gasteiger partial charge in [-0.3, -0.25) is 10.1 Å². The number of halogens is 2. The number of rotatable bonds is 4. The lowest BCUT2D eigenvalue weighted by Crippen LogP contribution is -3.27. The Balaban J connectivity index is 1.59. The predicted octanol–water partition coefficient (Wildman–Crippen LogP) is -0.560. The number of quaternary nitrogens is 2. The lowest BCUT2D eigenvalue weighted by atomic mass is 10.2. The maximum Gasteiger partial charge on any atom is 0.281 e. The van der Waals surface area contributed by atoms with Crippen molar-refractivity contribution in [3.05, 3.63) is 35.2 Å². The van der Waals surface area contributed by atoms with Crippen molar-refractivity contribution in [1.82, 2.24) is 4.98 Å². The minimum absolute atomic E-state index is 0.0734. The van der Waals surface area contributed by atoms with Gasteiger partial charge in [0.1, 0.15) is 26.2 Å². The number of amides is 1. The summed E-state index contributed by atoms with van der Waals surface area (Å²) >= 11 is 1.27. The van der Waals surface area contributed by atoms with Crippen LogP contribution in [-0.2, 0) is 4.79 Å². The smallest absolute Gasteiger partial charge is 0.281 e. The zero-order valence-corrected chi connectivity index (χ0v) is 14.2. The van der Waals surface area contributed by atoms with Crippen LogP contribution in [0, 0.1) is 11.6 Å². The van der Waals surface area contributed by atoms with Crippen LogP contribution in [0.3, 0.4) is 0 Å². The lowest BCUT2D eigenvalue weighted by molar-refractivity contribution is -0.999. The van der Waals surface area contributed by atoms with Gasteiger partial charge in [-0.05, 0) is 18.2 Å². The molecule has 0 spiro atoms. The number of nitrogens with one attached hydrogen (secondary N) is 3. The molecule has 128 valence electrons. The first-order valence-electron chi connectivity index (χ1n) is 7.87. The molecular formula is C16H20F2N4OS+2. The molecule has 0 radical (unpaired) electrons. The van der Waals surface area contributed by atoms with E-state index in [4.69, 9.17) is 0 Å². The molecular weight excluding hydrogens is 334 g/mol. The SMILES string of the molecule is C[NH+]1CC[NH+](CC(=O)Nc2nc(-c3ccc(F)c(F)c3)cs2)CC1. The van der Waals surface area contributed by atoms with E-state index in [-0.39, 0.29) is 5.91 Å². The number of benzene rings is 1. The fraction of sp³-hybridized carbons (Fsp3) is 0.375. The average molecular weight is 354 g/mol. The molecule has 0 saturated carbocycles. The highest BCUT2D eigenvalue weighted by Crippen LogP contribution is 2.25. The third-order valence-electron chi connectivity index (χ3n) is 4.19. The van der Waals surface area contributed by atoms with Crippen molar-refractivity contribution in [1.29, 1.82) is 0 Å². The Hall–Kier alpha value is -1.90. The Labute approximate surface area is 142 Å². The van der Waals surface area contributed by atoms with E-state index in [1.807, 2.05) is 0 Å². The van der Waals surface area contributed by atoms with Gasteiger partial charge in [-0.25, -0.2) is 13.8 Å². The number of likely N-dealkylation sites (N-methyl/N-ethyl adjacent to an activating group) is 1. The average Bonchev–Trinajstić information content (AvgIpc) is 3.00. The van der Waals surface area contributed by atoms with Gasteiger partial charge in [-0.15, -0.1) is 11.3 Å². The molecule has 3 rings (SSSR count). The second-order valence-corrected chi connectivity index (χ2v) is 6.96. The molecule has 8 heteroatoms. The largest absolute Gasteiger partial charge is 0.328 e. The molecule has 2 aromatic rings. The molecule has 1 aliphatic heterocycles. The molecule has 0 atom stereocenters. The molecule has 0 bridgehead atoms.